The largest absolute Gasteiger partial charge is 0.0654 e. The SMILES string of the molecule is CCCCCC1CC(CC)C1C(C)CCC. The molecule has 1 saturated carbocycles. The van der Waals surface area contributed by atoms with Gasteiger partial charge in [0, 0.05) is 0 Å². The van der Waals surface area contributed by atoms with E-state index in [0.717, 1.165) is 23.7 Å². The predicted octanol–water partition coefficient (Wildman–Crippen LogP) is 5.67. The standard InChI is InChI=1S/C16H32/c1-5-8-9-11-15-12-14(7-3)16(15)13(4)10-6-2/h13-16H,5-12H2,1-4H3. The number of unbranched alkanes of at least 4 members (excludes halogenated alkanes) is 2. The first-order valence-electron chi connectivity index (χ1n) is 7.74. The van der Waals surface area contributed by atoms with Crippen molar-refractivity contribution in [3.63, 3.8) is 0 Å². The maximum absolute atomic E-state index is 2.50. The maximum atomic E-state index is 2.50. The lowest BCUT2D eigenvalue weighted by atomic mass is 9.57. The third-order valence-corrected chi connectivity index (χ3v) is 4.80. The summed E-state index contributed by atoms with van der Waals surface area (Å²) in [7, 11) is 0. The minimum Gasteiger partial charge on any atom is -0.0654 e. The van der Waals surface area contributed by atoms with Crippen molar-refractivity contribution in [2.24, 2.45) is 23.7 Å². The highest BCUT2D eigenvalue weighted by Gasteiger charge is 2.41. The van der Waals surface area contributed by atoms with Crippen LogP contribution in [0.25, 0.3) is 0 Å². The second-order valence-corrected chi connectivity index (χ2v) is 6.00. The van der Waals surface area contributed by atoms with Crippen molar-refractivity contribution in [2.45, 2.75) is 79.1 Å². The molecule has 4 atom stereocenters. The zero-order valence-electron chi connectivity index (χ0n) is 12.0. The quantitative estimate of drug-likeness (QED) is 0.466. The van der Waals surface area contributed by atoms with Crippen LogP contribution in [-0.2, 0) is 0 Å². The van der Waals surface area contributed by atoms with Gasteiger partial charge in [-0.1, -0.05) is 72.6 Å². The lowest BCUT2D eigenvalue weighted by Gasteiger charge is -2.48. The molecular weight excluding hydrogens is 192 g/mol. The summed E-state index contributed by atoms with van der Waals surface area (Å²) in [5.41, 5.74) is 0. The van der Waals surface area contributed by atoms with Crippen molar-refractivity contribution >= 4 is 0 Å². The normalized spacial score (nSPS) is 31.1. The molecule has 1 rings (SSSR count). The van der Waals surface area contributed by atoms with Crippen LogP contribution in [0.3, 0.4) is 0 Å². The molecule has 16 heavy (non-hydrogen) atoms. The van der Waals surface area contributed by atoms with Crippen molar-refractivity contribution in [2.75, 3.05) is 0 Å². The van der Waals surface area contributed by atoms with E-state index in [1.54, 1.807) is 6.42 Å². The Morgan fingerprint density at radius 3 is 2.31 bits per heavy atom. The van der Waals surface area contributed by atoms with E-state index in [9.17, 15) is 0 Å². The van der Waals surface area contributed by atoms with E-state index in [0.29, 0.717) is 0 Å². The molecule has 4 unspecified atom stereocenters. The molecule has 0 amide bonds. The maximum Gasteiger partial charge on any atom is -0.0332 e. The summed E-state index contributed by atoms with van der Waals surface area (Å²) in [6.07, 6.45) is 11.6. The van der Waals surface area contributed by atoms with Crippen LogP contribution in [0, 0.1) is 23.7 Å². The van der Waals surface area contributed by atoms with Crippen molar-refractivity contribution in [1.82, 2.24) is 0 Å². The van der Waals surface area contributed by atoms with Gasteiger partial charge in [0.25, 0.3) is 0 Å². The topological polar surface area (TPSA) is 0 Å². The molecule has 0 heteroatoms. The van der Waals surface area contributed by atoms with Crippen molar-refractivity contribution in [3.8, 4) is 0 Å². The Hall–Kier alpha value is 0. The van der Waals surface area contributed by atoms with Gasteiger partial charge in [-0.15, -0.1) is 0 Å². The highest BCUT2D eigenvalue weighted by Crippen LogP contribution is 2.50. The van der Waals surface area contributed by atoms with E-state index in [4.69, 9.17) is 0 Å². The fourth-order valence-corrected chi connectivity index (χ4v) is 3.87. The first-order valence-corrected chi connectivity index (χ1v) is 7.74. The molecule has 0 spiro atoms. The smallest absolute Gasteiger partial charge is 0.0332 e. The highest BCUT2D eigenvalue weighted by atomic mass is 14.5. The Labute approximate surface area is 103 Å². The molecule has 0 heterocycles. The Balaban J connectivity index is 2.34. The third kappa shape index (κ3) is 3.50. The molecule has 0 aliphatic heterocycles. The van der Waals surface area contributed by atoms with E-state index in [1.165, 1.54) is 44.9 Å². The Kier molecular flexibility index (Phi) is 6.46. The van der Waals surface area contributed by atoms with Gasteiger partial charge in [-0.25, -0.2) is 0 Å². The van der Waals surface area contributed by atoms with Crippen molar-refractivity contribution < 1.29 is 0 Å². The first-order chi connectivity index (χ1) is 7.74. The Bertz CT molecular complexity index is 173. The van der Waals surface area contributed by atoms with E-state index in [-0.39, 0.29) is 0 Å². The van der Waals surface area contributed by atoms with Gasteiger partial charge in [0.05, 0.1) is 0 Å². The molecule has 0 aromatic carbocycles. The average molecular weight is 224 g/mol. The zero-order chi connectivity index (χ0) is 12.0. The van der Waals surface area contributed by atoms with Gasteiger partial charge >= 0.3 is 0 Å². The molecule has 0 nitrogen and oxygen atoms in total. The lowest BCUT2D eigenvalue weighted by molar-refractivity contribution is 0.0111. The minimum absolute atomic E-state index is 0.982. The van der Waals surface area contributed by atoms with Gasteiger partial charge in [0.1, 0.15) is 0 Å². The summed E-state index contributed by atoms with van der Waals surface area (Å²) in [5.74, 6) is 4.20. The van der Waals surface area contributed by atoms with Crippen LogP contribution < -0.4 is 0 Å². The van der Waals surface area contributed by atoms with Crippen LogP contribution in [0.2, 0.25) is 0 Å². The van der Waals surface area contributed by atoms with E-state index in [1.807, 2.05) is 0 Å². The van der Waals surface area contributed by atoms with E-state index < -0.39 is 0 Å². The summed E-state index contributed by atoms with van der Waals surface area (Å²) in [5, 5.41) is 0. The number of hydrogen-bond acceptors (Lipinski definition) is 0. The molecule has 1 aliphatic rings. The van der Waals surface area contributed by atoms with Crippen LogP contribution in [0.5, 0.6) is 0 Å². The Morgan fingerprint density at radius 1 is 1.00 bits per heavy atom. The Morgan fingerprint density at radius 2 is 1.75 bits per heavy atom. The minimum atomic E-state index is 0.982. The van der Waals surface area contributed by atoms with Gasteiger partial charge in [-0.2, -0.15) is 0 Å². The fraction of sp³-hybridized carbons (Fsp3) is 1.00. The molecule has 0 bridgehead atoms. The molecule has 0 N–H and O–H groups in total. The van der Waals surface area contributed by atoms with Crippen LogP contribution in [0.15, 0.2) is 0 Å². The van der Waals surface area contributed by atoms with Gasteiger partial charge in [0.15, 0.2) is 0 Å². The molecule has 0 radical (unpaired) electrons. The van der Waals surface area contributed by atoms with Crippen LogP contribution >= 0.6 is 0 Å². The van der Waals surface area contributed by atoms with Gasteiger partial charge in [-0.05, 0) is 30.1 Å². The van der Waals surface area contributed by atoms with Crippen LogP contribution in [-0.4, -0.2) is 0 Å². The molecule has 0 aromatic heterocycles. The fourth-order valence-electron chi connectivity index (χ4n) is 3.87. The van der Waals surface area contributed by atoms with E-state index in [2.05, 4.69) is 27.7 Å². The molecule has 0 aromatic rings. The molecule has 96 valence electrons. The van der Waals surface area contributed by atoms with Crippen LogP contribution in [0.4, 0.5) is 0 Å². The second-order valence-electron chi connectivity index (χ2n) is 6.00. The van der Waals surface area contributed by atoms with Gasteiger partial charge in [0.2, 0.25) is 0 Å². The monoisotopic (exact) mass is 224 g/mol. The number of rotatable bonds is 8. The second kappa shape index (κ2) is 7.35. The number of hydrogen-bond donors (Lipinski definition) is 0. The molecular formula is C16H32. The summed E-state index contributed by atoms with van der Waals surface area (Å²) in [6, 6.07) is 0. The van der Waals surface area contributed by atoms with Gasteiger partial charge in [-0.3, -0.25) is 0 Å². The molecule has 1 aliphatic carbocycles. The summed E-state index contributed by atoms with van der Waals surface area (Å²) >= 11 is 0. The summed E-state index contributed by atoms with van der Waals surface area (Å²) in [4.78, 5) is 0. The lowest BCUT2D eigenvalue weighted by Crippen LogP contribution is -2.40. The van der Waals surface area contributed by atoms with Gasteiger partial charge < -0.3 is 0 Å². The summed E-state index contributed by atoms with van der Waals surface area (Å²) in [6.45, 7) is 9.54. The van der Waals surface area contributed by atoms with Crippen molar-refractivity contribution in [1.29, 1.82) is 0 Å². The third-order valence-electron chi connectivity index (χ3n) is 4.80. The average Bonchev–Trinajstić information content (AvgIpc) is 2.22. The predicted molar refractivity (Wildman–Crippen MR) is 73.6 cm³/mol. The summed E-state index contributed by atoms with van der Waals surface area (Å²) < 4.78 is 0. The molecule has 0 saturated heterocycles. The van der Waals surface area contributed by atoms with E-state index >= 15 is 0 Å². The highest BCUT2D eigenvalue weighted by molar-refractivity contribution is 4.90. The first kappa shape index (κ1) is 14.1. The molecule has 1 fully saturated rings. The van der Waals surface area contributed by atoms with Crippen LogP contribution in [0.1, 0.15) is 79.1 Å². The van der Waals surface area contributed by atoms with Crippen molar-refractivity contribution in [3.05, 3.63) is 0 Å². The zero-order valence-corrected chi connectivity index (χ0v) is 12.0.